The molecule has 332 valence electrons. The van der Waals surface area contributed by atoms with Crippen molar-refractivity contribution in [2.45, 2.75) is 57.8 Å². The average molecular weight is 904 g/mol. The maximum atomic E-state index is 2.56. The van der Waals surface area contributed by atoms with Gasteiger partial charge in [0.1, 0.15) is 0 Å². The first-order chi connectivity index (χ1) is 33.5. The number of hydrogen-bond donors (Lipinski definition) is 0. The fourth-order valence-corrected chi connectivity index (χ4v) is 13.0. The van der Waals surface area contributed by atoms with Crippen LogP contribution in [-0.2, 0) is 16.2 Å². The Bertz CT molecular complexity index is 3780. The molecular weight excluding hydrogens is 851 g/mol. The van der Waals surface area contributed by atoms with Crippen LogP contribution in [-0.4, -0.2) is 0 Å². The first-order valence-corrected chi connectivity index (χ1v) is 25.2. The molecule has 0 amide bonds. The van der Waals surface area contributed by atoms with Crippen molar-refractivity contribution in [1.82, 2.24) is 0 Å². The Balaban J connectivity index is 1.03. The molecule has 0 atom stereocenters. The highest BCUT2D eigenvalue weighted by atomic mass is 32.1. The maximum Gasteiger partial charge on any atom is 0.0726 e. The molecule has 1 spiro atoms. The maximum absolute atomic E-state index is 2.56. The van der Waals surface area contributed by atoms with Crippen molar-refractivity contribution in [2.75, 3.05) is 4.90 Å². The second-order valence-corrected chi connectivity index (χ2v) is 22.3. The highest BCUT2D eigenvalue weighted by Gasteiger charge is 2.53. The van der Waals surface area contributed by atoms with Gasteiger partial charge in [-0.1, -0.05) is 224 Å². The molecular formula is C67H53NS. The van der Waals surface area contributed by atoms with E-state index in [1.165, 1.54) is 120 Å². The SMILES string of the molecule is CC(C)(C)c1ccc2c(c1)C1(c3cc(C(C)(C)C)ccc3-2)c2ccccc2-c2c(N(c3ccc(-c4ccc(-c5cccc6ccccc56)cc4)cc3)c3cccc4c3sc3ccccc34)cccc21. The van der Waals surface area contributed by atoms with Gasteiger partial charge in [-0.05, 0) is 124 Å². The van der Waals surface area contributed by atoms with E-state index < -0.39 is 5.41 Å². The summed E-state index contributed by atoms with van der Waals surface area (Å²) in [6.07, 6.45) is 0. The van der Waals surface area contributed by atoms with Crippen LogP contribution in [0.25, 0.3) is 75.5 Å². The first-order valence-electron chi connectivity index (χ1n) is 24.4. The Morgan fingerprint density at radius 3 is 1.61 bits per heavy atom. The number of fused-ring (bicyclic) bond motifs is 14. The summed E-state index contributed by atoms with van der Waals surface area (Å²) in [6, 6.07) is 80.5. The summed E-state index contributed by atoms with van der Waals surface area (Å²) >= 11 is 1.89. The third kappa shape index (κ3) is 6.28. The Kier molecular flexibility index (Phi) is 9.20. The van der Waals surface area contributed by atoms with Gasteiger partial charge in [-0.3, -0.25) is 0 Å². The zero-order chi connectivity index (χ0) is 46.8. The van der Waals surface area contributed by atoms with Crippen LogP contribution >= 0.6 is 11.3 Å². The number of benzene rings is 10. The third-order valence-corrected chi connectivity index (χ3v) is 16.4. The topological polar surface area (TPSA) is 3.24 Å². The zero-order valence-electron chi connectivity index (χ0n) is 40.1. The van der Waals surface area contributed by atoms with Gasteiger partial charge in [-0.25, -0.2) is 0 Å². The van der Waals surface area contributed by atoms with Crippen molar-refractivity contribution >= 4 is 59.3 Å². The molecule has 2 heteroatoms. The van der Waals surface area contributed by atoms with Gasteiger partial charge in [0, 0.05) is 26.7 Å². The Hall–Kier alpha value is -7.52. The largest absolute Gasteiger partial charge is 0.308 e. The van der Waals surface area contributed by atoms with Gasteiger partial charge in [0.25, 0.3) is 0 Å². The van der Waals surface area contributed by atoms with Crippen molar-refractivity contribution < 1.29 is 0 Å². The molecule has 10 aromatic carbocycles. The highest BCUT2D eigenvalue weighted by Crippen LogP contribution is 2.65. The zero-order valence-corrected chi connectivity index (χ0v) is 40.9. The third-order valence-electron chi connectivity index (χ3n) is 15.2. The van der Waals surface area contributed by atoms with E-state index in [9.17, 15) is 0 Å². The Labute approximate surface area is 410 Å². The van der Waals surface area contributed by atoms with Crippen molar-refractivity contribution in [3.63, 3.8) is 0 Å². The van der Waals surface area contributed by atoms with E-state index in [1.807, 2.05) is 11.3 Å². The summed E-state index contributed by atoms with van der Waals surface area (Å²) < 4.78 is 2.58. The molecule has 0 aliphatic heterocycles. The van der Waals surface area contributed by atoms with Crippen molar-refractivity contribution in [3.8, 4) is 44.5 Å². The molecule has 69 heavy (non-hydrogen) atoms. The molecule has 13 rings (SSSR count). The van der Waals surface area contributed by atoms with Crippen LogP contribution in [0.1, 0.15) is 74.9 Å². The van der Waals surface area contributed by atoms with E-state index in [-0.39, 0.29) is 10.8 Å². The number of hydrogen-bond acceptors (Lipinski definition) is 2. The van der Waals surface area contributed by atoms with Crippen LogP contribution in [0, 0.1) is 0 Å². The van der Waals surface area contributed by atoms with Gasteiger partial charge in [-0.15, -0.1) is 11.3 Å². The van der Waals surface area contributed by atoms with Crippen LogP contribution in [0.5, 0.6) is 0 Å². The lowest BCUT2D eigenvalue weighted by Gasteiger charge is -2.33. The number of anilines is 3. The molecule has 1 heterocycles. The van der Waals surface area contributed by atoms with Crippen molar-refractivity contribution in [3.05, 3.63) is 246 Å². The number of thiophene rings is 1. The van der Waals surface area contributed by atoms with E-state index >= 15 is 0 Å². The van der Waals surface area contributed by atoms with E-state index in [1.54, 1.807) is 0 Å². The molecule has 0 radical (unpaired) electrons. The van der Waals surface area contributed by atoms with Gasteiger partial charge < -0.3 is 4.90 Å². The van der Waals surface area contributed by atoms with Crippen LogP contribution in [0.15, 0.2) is 212 Å². The molecule has 0 N–H and O–H groups in total. The summed E-state index contributed by atoms with van der Waals surface area (Å²) in [5, 5.41) is 5.12. The Morgan fingerprint density at radius 2 is 0.899 bits per heavy atom. The number of rotatable bonds is 5. The van der Waals surface area contributed by atoms with E-state index in [0.29, 0.717) is 0 Å². The predicted octanol–water partition coefficient (Wildman–Crippen LogP) is 18.9. The minimum atomic E-state index is -0.507. The quantitative estimate of drug-likeness (QED) is 0.166. The van der Waals surface area contributed by atoms with Gasteiger partial charge in [0.05, 0.1) is 21.5 Å². The molecule has 2 aliphatic rings. The van der Waals surface area contributed by atoms with Gasteiger partial charge in [0.15, 0.2) is 0 Å². The van der Waals surface area contributed by atoms with Crippen LogP contribution < -0.4 is 4.90 Å². The lowest BCUT2D eigenvalue weighted by Crippen LogP contribution is -2.27. The predicted molar refractivity (Wildman–Crippen MR) is 296 cm³/mol. The second kappa shape index (κ2) is 15.2. The van der Waals surface area contributed by atoms with Crippen LogP contribution in [0.2, 0.25) is 0 Å². The molecule has 2 aliphatic carbocycles. The minimum absolute atomic E-state index is 0.0188. The fraction of sp³-hybridized carbons (Fsp3) is 0.134. The second-order valence-electron chi connectivity index (χ2n) is 21.3. The molecule has 1 aromatic heterocycles. The normalized spacial score (nSPS) is 13.5. The van der Waals surface area contributed by atoms with Crippen LogP contribution in [0.3, 0.4) is 0 Å². The van der Waals surface area contributed by atoms with Crippen molar-refractivity contribution in [2.24, 2.45) is 0 Å². The first kappa shape index (κ1) is 41.7. The lowest BCUT2D eigenvalue weighted by atomic mass is 9.69. The molecule has 11 aromatic rings. The summed E-state index contributed by atoms with van der Waals surface area (Å²) in [7, 11) is 0. The summed E-state index contributed by atoms with van der Waals surface area (Å²) in [4.78, 5) is 2.56. The van der Waals surface area contributed by atoms with Gasteiger partial charge >= 0.3 is 0 Å². The lowest BCUT2D eigenvalue weighted by molar-refractivity contribution is 0.586. The summed E-state index contributed by atoms with van der Waals surface area (Å²) in [5.41, 5.74) is 21.2. The molecule has 0 saturated heterocycles. The number of nitrogens with zero attached hydrogens (tertiary/aromatic N) is 1. The summed E-state index contributed by atoms with van der Waals surface area (Å²) in [5.74, 6) is 0. The smallest absolute Gasteiger partial charge is 0.0726 e. The molecule has 0 fully saturated rings. The van der Waals surface area contributed by atoms with Crippen LogP contribution in [0.4, 0.5) is 17.1 Å². The van der Waals surface area contributed by atoms with Gasteiger partial charge in [0.2, 0.25) is 0 Å². The molecule has 1 nitrogen and oxygen atoms in total. The molecule has 0 saturated carbocycles. The Morgan fingerprint density at radius 1 is 0.377 bits per heavy atom. The van der Waals surface area contributed by atoms with E-state index in [0.717, 1.165) is 5.69 Å². The van der Waals surface area contributed by atoms with Crippen molar-refractivity contribution in [1.29, 1.82) is 0 Å². The minimum Gasteiger partial charge on any atom is -0.308 e. The summed E-state index contributed by atoms with van der Waals surface area (Å²) in [6.45, 7) is 14.1. The monoisotopic (exact) mass is 903 g/mol. The van der Waals surface area contributed by atoms with E-state index in [4.69, 9.17) is 0 Å². The average Bonchev–Trinajstić information content (AvgIpc) is 4.00. The van der Waals surface area contributed by atoms with E-state index in [2.05, 4.69) is 259 Å². The molecule has 0 bridgehead atoms. The fourth-order valence-electron chi connectivity index (χ4n) is 11.8. The molecule has 0 unspecified atom stereocenters. The van der Waals surface area contributed by atoms with Gasteiger partial charge in [-0.2, -0.15) is 0 Å². The standard InChI is InChI=1S/C67H53NS/c1-65(2,3)46-34-38-51-52-39-35-47(66(4,5)6)41-59(52)67(58(51)40-46)56-23-11-9-20-55(56)63-57(67)24-15-25-60(63)68(61-26-14-22-54-53-19-10-12-27-62(53)69-64(54)61)48-36-32-43(33-37-48)42-28-30-45(31-29-42)50-21-13-17-44-16-7-8-18-49(44)50/h7-41H,1-6H3. The highest BCUT2D eigenvalue weighted by molar-refractivity contribution is 7.26.